The lowest BCUT2D eigenvalue weighted by molar-refractivity contribution is -0.134. The van der Waals surface area contributed by atoms with Crippen molar-refractivity contribution in [2.45, 2.75) is 18.9 Å². The van der Waals surface area contributed by atoms with E-state index in [0.717, 1.165) is 4.90 Å². The van der Waals surface area contributed by atoms with Gasteiger partial charge in [0.05, 0.1) is 24.9 Å². The molecule has 1 aliphatic rings. The average Bonchev–Trinajstić information content (AvgIpc) is 2.99. The summed E-state index contributed by atoms with van der Waals surface area (Å²) >= 11 is 6.12. The van der Waals surface area contributed by atoms with E-state index >= 15 is 0 Å². The Hall–Kier alpha value is -3.26. The second kappa shape index (κ2) is 8.62. The topological polar surface area (TPSA) is 97.0 Å². The largest absolute Gasteiger partial charge is 0.495 e. The van der Waals surface area contributed by atoms with Crippen LogP contribution < -0.4 is 20.1 Å². The number of imide groups is 1. The summed E-state index contributed by atoms with van der Waals surface area (Å²) < 4.78 is 10.4. The molecular formula is C21H22ClN3O5. The molecule has 1 heterocycles. The zero-order valence-electron chi connectivity index (χ0n) is 16.8. The molecule has 0 aromatic heterocycles. The lowest BCUT2D eigenvalue weighted by atomic mass is 9.87. The first-order chi connectivity index (χ1) is 14.4. The average molecular weight is 432 g/mol. The molecule has 0 saturated carbocycles. The van der Waals surface area contributed by atoms with Crippen LogP contribution in [0.3, 0.4) is 0 Å². The number of methoxy groups -OCH3 is 2. The van der Waals surface area contributed by atoms with E-state index in [9.17, 15) is 14.4 Å². The Labute approximate surface area is 179 Å². The minimum atomic E-state index is -1.19. The Morgan fingerprint density at radius 2 is 1.80 bits per heavy atom. The highest BCUT2D eigenvalue weighted by molar-refractivity contribution is 6.32. The maximum Gasteiger partial charge on any atom is 0.325 e. The number of nitrogens with one attached hydrogen (secondary N) is 2. The molecule has 1 unspecified atom stereocenters. The van der Waals surface area contributed by atoms with Crippen molar-refractivity contribution in [2.75, 3.05) is 26.1 Å². The summed E-state index contributed by atoms with van der Waals surface area (Å²) in [5.74, 6) is -0.334. The summed E-state index contributed by atoms with van der Waals surface area (Å²) in [4.78, 5) is 39.2. The minimum absolute atomic E-state index is 0.276. The van der Waals surface area contributed by atoms with E-state index in [4.69, 9.17) is 21.1 Å². The van der Waals surface area contributed by atoms with Crippen molar-refractivity contribution >= 4 is 35.1 Å². The molecule has 9 heteroatoms. The summed E-state index contributed by atoms with van der Waals surface area (Å²) in [5, 5.41) is 5.65. The van der Waals surface area contributed by atoms with Gasteiger partial charge in [0.15, 0.2) is 0 Å². The van der Waals surface area contributed by atoms with Crippen LogP contribution in [0, 0.1) is 0 Å². The number of carbonyl (C=O) groups excluding carboxylic acids is 3. The molecule has 2 N–H and O–H groups in total. The Morgan fingerprint density at radius 3 is 2.40 bits per heavy atom. The van der Waals surface area contributed by atoms with E-state index < -0.39 is 29.9 Å². The number of ether oxygens (including phenoxy) is 2. The van der Waals surface area contributed by atoms with Crippen molar-refractivity contribution in [2.24, 2.45) is 0 Å². The summed E-state index contributed by atoms with van der Waals surface area (Å²) in [6.45, 7) is 1.35. The van der Waals surface area contributed by atoms with Gasteiger partial charge in [0, 0.05) is 6.07 Å². The summed E-state index contributed by atoms with van der Waals surface area (Å²) in [7, 11) is 2.90. The van der Waals surface area contributed by atoms with Crippen LogP contribution in [0.4, 0.5) is 10.5 Å². The molecular weight excluding hydrogens is 410 g/mol. The van der Waals surface area contributed by atoms with Crippen LogP contribution in [0.15, 0.2) is 42.5 Å². The van der Waals surface area contributed by atoms with E-state index in [-0.39, 0.29) is 5.02 Å². The molecule has 0 radical (unpaired) electrons. The van der Waals surface area contributed by atoms with Crippen LogP contribution in [0.5, 0.6) is 11.5 Å². The molecule has 0 aliphatic carbocycles. The number of amides is 4. The van der Waals surface area contributed by atoms with Crippen molar-refractivity contribution in [3.05, 3.63) is 53.1 Å². The predicted molar refractivity (Wildman–Crippen MR) is 112 cm³/mol. The molecule has 1 atom stereocenters. The van der Waals surface area contributed by atoms with Crippen molar-refractivity contribution < 1.29 is 23.9 Å². The minimum Gasteiger partial charge on any atom is -0.495 e. The first-order valence-corrected chi connectivity index (χ1v) is 9.65. The zero-order chi connectivity index (χ0) is 21.9. The van der Waals surface area contributed by atoms with Crippen molar-refractivity contribution in [3.63, 3.8) is 0 Å². The summed E-state index contributed by atoms with van der Waals surface area (Å²) in [5.41, 5.74) is -0.234. The van der Waals surface area contributed by atoms with E-state index in [1.165, 1.54) is 26.4 Å². The van der Waals surface area contributed by atoms with E-state index in [0.29, 0.717) is 29.2 Å². The molecule has 30 heavy (non-hydrogen) atoms. The van der Waals surface area contributed by atoms with Crippen LogP contribution in [0.25, 0.3) is 0 Å². The second-order valence-electron chi connectivity index (χ2n) is 6.68. The molecule has 8 nitrogen and oxygen atoms in total. The Kier molecular flexibility index (Phi) is 6.17. The van der Waals surface area contributed by atoms with E-state index in [2.05, 4.69) is 10.6 Å². The van der Waals surface area contributed by atoms with E-state index in [1.807, 2.05) is 6.07 Å². The predicted octanol–water partition coefficient (Wildman–Crippen LogP) is 3.15. The van der Waals surface area contributed by atoms with Crippen molar-refractivity contribution in [3.8, 4) is 11.5 Å². The van der Waals surface area contributed by atoms with Crippen molar-refractivity contribution in [1.29, 1.82) is 0 Å². The van der Waals surface area contributed by atoms with Gasteiger partial charge in [-0.25, -0.2) is 4.79 Å². The van der Waals surface area contributed by atoms with Crippen LogP contribution >= 0.6 is 11.6 Å². The molecule has 1 fully saturated rings. The lowest BCUT2D eigenvalue weighted by Gasteiger charge is -2.25. The van der Waals surface area contributed by atoms with Crippen LogP contribution in [0.2, 0.25) is 5.02 Å². The number of rotatable bonds is 7. The van der Waals surface area contributed by atoms with Gasteiger partial charge in [0.1, 0.15) is 23.6 Å². The monoisotopic (exact) mass is 431 g/mol. The fourth-order valence-corrected chi connectivity index (χ4v) is 3.66. The molecule has 2 aromatic rings. The van der Waals surface area contributed by atoms with E-state index in [1.54, 1.807) is 31.2 Å². The fourth-order valence-electron chi connectivity index (χ4n) is 3.42. The number of anilines is 1. The maximum absolute atomic E-state index is 13.1. The third-order valence-electron chi connectivity index (χ3n) is 5.02. The number of hydrogen-bond acceptors (Lipinski definition) is 5. The smallest absolute Gasteiger partial charge is 0.325 e. The van der Waals surface area contributed by atoms with Crippen molar-refractivity contribution in [1.82, 2.24) is 10.2 Å². The number of carbonyl (C=O) groups is 3. The number of nitrogens with zero attached hydrogens (tertiary/aromatic N) is 1. The van der Waals surface area contributed by atoms with Gasteiger partial charge in [0.25, 0.3) is 5.91 Å². The molecule has 0 bridgehead atoms. The molecule has 1 saturated heterocycles. The van der Waals surface area contributed by atoms with Gasteiger partial charge < -0.3 is 20.1 Å². The quantitative estimate of drug-likeness (QED) is 0.656. The van der Waals surface area contributed by atoms with Gasteiger partial charge in [-0.05, 0) is 18.1 Å². The highest BCUT2D eigenvalue weighted by atomic mass is 35.5. The molecule has 158 valence electrons. The van der Waals surface area contributed by atoms with Gasteiger partial charge in [-0.15, -0.1) is 0 Å². The van der Waals surface area contributed by atoms with Crippen LogP contribution in [0.1, 0.15) is 18.9 Å². The van der Waals surface area contributed by atoms with Gasteiger partial charge in [0.2, 0.25) is 5.91 Å². The standard InChI is InChI=1S/C21H22ClN3O5/c1-4-21(13-8-6-5-7-9-13)19(27)25(20(28)24-21)12-18(26)23-15-10-14(22)16(29-2)11-17(15)30-3/h5-11H,4,12H2,1-3H3,(H,23,26)(H,24,28). The normalized spacial score (nSPS) is 18.2. The lowest BCUT2D eigenvalue weighted by Crippen LogP contribution is -2.44. The molecule has 3 rings (SSSR count). The molecule has 2 aromatic carbocycles. The van der Waals surface area contributed by atoms with Gasteiger partial charge >= 0.3 is 6.03 Å². The summed E-state index contributed by atoms with van der Waals surface area (Å²) in [6, 6.07) is 11.3. The van der Waals surface area contributed by atoms with Crippen LogP contribution in [-0.2, 0) is 15.1 Å². The summed E-state index contributed by atoms with van der Waals surface area (Å²) in [6.07, 6.45) is 0.349. The first kappa shape index (κ1) is 21.4. The van der Waals surface area contributed by atoms with Gasteiger partial charge in [-0.1, -0.05) is 48.9 Å². The van der Waals surface area contributed by atoms with Crippen LogP contribution in [-0.4, -0.2) is 43.5 Å². The molecule has 1 aliphatic heterocycles. The van der Waals surface area contributed by atoms with Gasteiger partial charge in [-0.3, -0.25) is 14.5 Å². The number of benzene rings is 2. The number of hydrogen-bond donors (Lipinski definition) is 2. The Morgan fingerprint density at radius 1 is 1.13 bits per heavy atom. The van der Waals surface area contributed by atoms with Gasteiger partial charge in [-0.2, -0.15) is 0 Å². The number of urea groups is 1. The highest BCUT2D eigenvalue weighted by Crippen LogP contribution is 2.36. The molecule has 0 spiro atoms. The highest BCUT2D eigenvalue weighted by Gasteiger charge is 2.51. The Balaban J connectivity index is 1.80. The zero-order valence-corrected chi connectivity index (χ0v) is 17.6. The second-order valence-corrected chi connectivity index (χ2v) is 7.09. The number of halogens is 1. The molecule has 4 amide bonds. The Bertz CT molecular complexity index is 982. The SMILES string of the molecule is CCC1(c2ccccc2)NC(=O)N(CC(=O)Nc2cc(Cl)c(OC)cc2OC)C1=O. The maximum atomic E-state index is 13.1. The fraction of sp³-hybridized carbons (Fsp3) is 0.286. The third-order valence-corrected chi connectivity index (χ3v) is 5.32. The first-order valence-electron chi connectivity index (χ1n) is 9.27. The third kappa shape index (κ3) is 3.78.